The second-order valence-electron chi connectivity index (χ2n) is 3.81. The van der Waals surface area contributed by atoms with Crippen molar-refractivity contribution in [1.29, 1.82) is 0 Å². The number of hydrogen-bond acceptors (Lipinski definition) is 4. The van der Waals surface area contributed by atoms with Crippen LogP contribution in [0.1, 0.15) is 17.8 Å². The average molecular weight is 248 g/mol. The highest BCUT2D eigenvalue weighted by molar-refractivity contribution is 7.15. The van der Waals surface area contributed by atoms with Gasteiger partial charge in [0.2, 0.25) is 0 Å². The highest BCUT2D eigenvalue weighted by Gasteiger charge is 2.09. The van der Waals surface area contributed by atoms with Crippen molar-refractivity contribution in [3.63, 3.8) is 0 Å². The fraction of sp³-hybridized carbons (Fsp3) is 0.308. The van der Waals surface area contributed by atoms with Gasteiger partial charge >= 0.3 is 0 Å². The molecule has 2 rings (SSSR count). The summed E-state index contributed by atoms with van der Waals surface area (Å²) < 4.78 is 5.14. The van der Waals surface area contributed by atoms with Crippen molar-refractivity contribution in [3.8, 4) is 16.3 Å². The quantitative estimate of drug-likeness (QED) is 0.902. The van der Waals surface area contributed by atoms with E-state index in [2.05, 4.69) is 17.2 Å². The molecule has 1 heterocycles. The number of ether oxygens (including phenoxy) is 1. The maximum absolute atomic E-state index is 5.14. The third-order valence-corrected chi connectivity index (χ3v) is 3.95. The Hall–Kier alpha value is -1.39. The molecule has 0 saturated carbocycles. The van der Waals surface area contributed by atoms with Crippen molar-refractivity contribution in [2.45, 2.75) is 13.0 Å². The Morgan fingerprint density at radius 1 is 1.29 bits per heavy atom. The first kappa shape index (κ1) is 12.1. The molecule has 0 fully saturated rings. The fourth-order valence-electron chi connectivity index (χ4n) is 1.50. The summed E-state index contributed by atoms with van der Waals surface area (Å²) in [6.07, 6.45) is 1.94. The van der Waals surface area contributed by atoms with Crippen LogP contribution in [0.5, 0.6) is 5.75 Å². The molecular formula is C13H16N2OS. The molecule has 0 radical (unpaired) electrons. The predicted molar refractivity (Wildman–Crippen MR) is 71.6 cm³/mol. The molecule has 0 amide bonds. The molecule has 2 aromatic rings. The molecule has 3 nitrogen and oxygen atoms in total. The van der Waals surface area contributed by atoms with E-state index in [1.165, 1.54) is 4.88 Å². The molecule has 0 saturated heterocycles. The lowest BCUT2D eigenvalue weighted by molar-refractivity contribution is 0.415. The van der Waals surface area contributed by atoms with E-state index >= 15 is 0 Å². The summed E-state index contributed by atoms with van der Waals surface area (Å²) in [5.74, 6) is 0.870. The van der Waals surface area contributed by atoms with Crippen molar-refractivity contribution < 1.29 is 4.74 Å². The molecule has 1 atom stereocenters. The third-order valence-electron chi connectivity index (χ3n) is 2.72. The highest BCUT2D eigenvalue weighted by atomic mass is 32.1. The van der Waals surface area contributed by atoms with Crippen molar-refractivity contribution in [2.75, 3.05) is 14.2 Å². The number of benzene rings is 1. The number of aromatic nitrogens is 1. The standard InChI is InChI=1S/C13H16N2OS/c1-9(14-2)12-8-15-13(17-12)10-4-6-11(16-3)7-5-10/h4-9,14H,1-3H3. The van der Waals surface area contributed by atoms with Crippen LogP contribution in [0.4, 0.5) is 0 Å². The molecule has 0 aliphatic heterocycles. The maximum Gasteiger partial charge on any atom is 0.123 e. The predicted octanol–water partition coefficient (Wildman–Crippen LogP) is 3.10. The molecule has 1 aromatic heterocycles. The smallest absolute Gasteiger partial charge is 0.123 e. The minimum atomic E-state index is 0.347. The summed E-state index contributed by atoms with van der Waals surface area (Å²) in [4.78, 5) is 5.70. The fourth-order valence-corrected chi connectivity index (χ4v) is 2.48. The summed E-state index contributed by atoms with van der Waals surface area (Å²) in [7, 11) is 3.63. The Morgan fingerprint density at radius 3 is 2.59 bits per heavy atom. The van der Waals surface area contributed by atoms with E-state index in [-0.39, 0.29) is 0 Å². The van der Waals surface area contributed by atoms with E-state index in [9.17, 15) is 0 Å². The average Bonchev–Trinajstić information content (AvgIpc) is 2.87. The zero-order chi connectivity index (χ0) is 12.3. The van der Waals surface area contributed by atoms with Gasteiger partial charge < -0.3 is 10.1 Å². The molecule has 90 valence electrons. The van der Waals surface area contributed by atoms with E-state index in [1.54, 1.807) is 18.4 Å². The van der Waals surface area contributed by atoms with Gasteiger partial charge in [-0.3, -0.25) is 0 Å². The summed E-state index contributed by atoms with van der Waals surface area (Å²) in [5.41, 5.74) is 1.13. The molecule has 0 spiro atoms. The van der Waals surface area contributed by atoms with Crippen molar-refractivity contribution >= 4 is 11.3 Å². The molecule has 0 aliphatic carbocycles. The summed E-state index contributed by atoms with van der Waals surface area (Å²) in [6.45, 7) is 2.13. The largest absolute Gasteiger partial charge is 0.497 e. The Balaban J connectivity index is 2.24. The summed E-state index contributed by atoms with van der Waals surface area (Å²) in [6, 6.07) is 8.33. The van der Waals surface area contributed by atoms with E-state index in [1.807, 2.05) is 37.5 Å². The maximum atomic E-state index is 5.14. The van der Waals surface area contributed by atoms with Crippen molar-refractivity contribution in [1.82, 2.24) is 10.3 Å². The number of nitrogens with zero attached hydrogens (tertiary/aromatic N) is 1. The van der Waals surface area contributed by atoms with Gasteiger partial charge in [-0.05, 0) is 38.2 Å². The molecular weight excluding hydrogens is 232 g/mol. The Morgan fingerprint density at radius 2 is 2.00 bits per heavy atom. The molecule has 17 heavy (non-hydrogen) atoms. The van der Waals surface area contributed by atoms with Crippen LogP contribution in [0, 0.1) is 0 Å². The SMILES string of the molecule is CNC(C)c1cnc(-c2ccc(OC)cc2)s1. The monoisotopic (exact) mass is 248 g/mol. The van der Waals surface area contributed by atoms with Crippen LogP contribution in [0.3, 0.4) is 0 Å². The minimum Gasteiger partial charge on any atom is -0.497 e. The topological polar surface area (TPSA) is 34.2 Å². The minimum absolute atomic E-state index is 0.347. The van der Waals surface area contributed by atoms with Gasteiger partial charge in [0.1, 0.15) is 10.8 Å². The van der Waals surface area contributed by atoms with E-state index in [4.69, 9.17) is 4.74 Å². The second-order valence-corrected chi connectivity index (χ2v) is 4.87. The highest BCUT2D eigenvalue weighted by Crippen LogP contribution is 2.29. The third kappa shape index (κ3) is 2.65. The normalized spacial score (nSPS) is 12.4. The van der Waals surface area contributed by atoms with Gasteiger partial charge in [-0.2, -0.15) is 0 Å². The summed E-state index contributed by atoms with van der Waals surface area (Å²) >= 11 is 1.72. The second kappa shape index (κ2) is 5.29. The van der Waals surface area contributed by atoms with Gasteiger partial charge in [0.25, 0.3) is 0 Å². The Bertz CT molecular complexity index is 478. The lowest BCUT2D eigenvalue weighted by Gasteiger charge is -2.04. The van der Waals surface area contributed by atoms with E-state index < -0.39 is 0 Å². The lowest BCUT2D eigenvalue weighted by atomic mass is 10.2. The first-order valence-electron chi connectivity index (χ1n) is 5.52. The van der Waals surface area contributed by atoms with Crippen molar-refractivity contribution in [3.05, 3.63) is 35.3 Å². The number of thiazole rings is 1. The number of rotatable bonds is 4. The first-order chi connectivity index (χ1) is 8.24. The van der Waals surface area contributed by atoms with Crippen LogP contribution >= 0.6 is 11.3 Å². The Labute approximate surface area is 105 Å². The van der Waals surface area contributed by atoms with Crippen LogP contribution in [0.2, 0.25) is 0 Å². The number of nitrogens with one attached hydrogen (secondary N) is 1. The zero-order valence-electron chi connectivity index (χ0n) is 10.2. The number of methoxy groups -OCH3 is 1. The molecule has 1 unspecified atom stereocenters. The van der Waals surface area contributed by atoms with Crippen LogP contribution in [0.15, 0.2) is 30.5 Å². The molecule has 0 aliphatic rings. The molecule has 1 N–H and O–H groups in total. The van der Waals surface area contributed by atoms with Crippen LogP contribution in [-0.2, 0) is 0 Å². The van der Waals surface area contributed by atoms with E-state index in [0.717, 1.165) is 16.3 Å². The van der Waals surface area contributed by atoms with Gasteiger partial charge in [0.15, 0.2) is 0 Å². The lowest BCUT2D eigenvalue weighted by Crippen LogP contribution is -2.10. The molecule has 1 aromatic carbocycles. The van der Waals surface area contributed by atoms with Crippen LogP contribution < -0.4 is 10.1 Å². The van der Waals surface area contributed by atoms with Crippen molar-refractivity contribution in [2.24, 2.45) is 0 Å². The van der Waals surface area contributed by atoms with Gasteiger partial charge in [0.05, 0.1) is 7.11 Å². The molecule has 4 heteroatoms. The van der Waals surface area contributed by atoms with Crippen LogP contribution in [0.25, 0.3) is 10.6 Å². The number of hydrogen-bond donors (Lipinski definition) is 1. The zero-order valence-corrected chi connectivity index (χ0v) is 11.0. The molecule has 0 bridgehead atoms. The van der Waals surface area contributed by atoms with E-state index in [0.29, 0.717) is 6.04 Å². The van der Waals surface area contributed by atoms with Crippen LogP contribution in [-0.4, -0.2) is 19.1 Å². The van der Waals surface area contributed by atoms with Gasteiger partial charge in [-0.15, -0.1) is 11.3 Å². The first-order valence-corrected chi connectivity index (χ1v) is 6.33. The van der Waals surface area contributed by atoms with Gasteiger partial charge in [-0.1, -0.05) is 0 Å². The van der Waals surface area contributed by atoms with Gasteiger partial charge in [-0.25, -0.2) is 4.98 Å². The Kier molecular flexibility index (Phi) is 3.76. The van der Waals surface area contributed by atoms with Gasteiger partial charge in [0, 0.05) is 22.7 Å². The summed E-state index contributed by atoms with van der Waals surface area (Å²) in [5, 5.41) is 4.26.